The molecule has 0 radical (unpaired) electrons. The molecule has 0 bridgehead atoms. The lowest BCUT2D eigenvalue weighted by Gasteiger charge is -2.27. The predicted molar refractivity (Wildman–Crippen MR) is 236 cm³/mol. The Bertz CT molecular complexity index is 3400. The predicted octanol–water partition coefficient (Wildman–Crippen LogP) is 12.0. The lowest BCUT2D eigenvalue weighted by atomic mass is 9.73. The minimum Gasteiger partial charge on any atom is -0.295 e. The zero-order chi connectivity index (χ0) is 38.7. The fraction of sp³-hybridized carbons (Fsp3) is 0.0189. The van der Waals surface area contributed by atoms with Gasteiger partial charge in [-0.3, -0.25) is 9.13 Å². The van der Waals surface area contributed by atoms with Crippen LogP contribution in [0, 0.1) is 0 Å². The van der Waals surface area contributed by atoms with Crippen molar-refractivity contribution < 1.29 is 0 Å². The molecule has 0 saturated heterocycles. The van der Waals surface area contributed by atoms with Crippen LogP contribution in [-0.4, -0.2) is 29.1 Å². The van der Waals surface area contributed by atoms with Crippen LogP contribution < -0.4 is 0 Å². The van der Waals surface area contributed by atoms with Crippen molar-refractivity contribution in [3.63, 3.8) is 0 Å². The maximum atomic E-state index is 5.59. The molecule has 0 atom stereocenters. The van der Waals surface area contributed by atoms with E-state index in [-0.39, 0.29) is 0 Å². The van der Waals surface area contributed by atoms with E-state index in [0.29, 0.717) is 17.6 Å². The van der Waals surface area contributed by atoms with E-state index in [1.807, 2.05) is 60.7 Å². The van der Waals surface area contributed by atoms with Crippen molar-refractivity contribution >= 4 is 32.8 Å². The van der Waals surface area contributed by atoms with Gasteiger partial charge in [-0.1, -0.05) is 158 Å². The standard InChI is InChI=1S/C53H32N6/c1-3-15-33(16-4-1)49-55-50(34-17-5-2-6-18-34)57-52(56-49)59-45-25-13-9-21-39(45)40-31-35(27-29-46(40)59)36-28-30-48-44(32-36)54-51-53(43-24-12-14-26-47(43)58(48)51)41-22-10-7-19-37(41)38-20-8-11-23-42(38)53/h1-32H. The lowest BCUT2D eigenvalue weighted by molar-refractivity contribution is 0.738. The van der Waals surface area contributed by atoms with Gasteiger partial charge in [-0.05, 0) is 75.3 Å². The summed E-state index contributed by atoms with van der Waals surface area (Å²) in [6, 6.07) is 68.8. The Morgan fingerprint density at radius 2 is 0.898 bits per heavy atom. The van der Waals surface area contributed by atoms with E-state index in [1.165, 1.54) is 33.5 Å². The van der Waals surface area contributed by atoms with Gasteiger partial charge in [0, 0.05) is 21.9 Å². The lowest BCUT2D eigenvalue weighted by Crippen LogP contribution is -2.27. The molecule has 2 aliphatic rings. The summed E-state index contributed by atoms with van der Waals surface area (Å²) in [7, 11) is 0. The minimum atomic E-state index is -0.501. The summed E-state index contributed by atoms with van der Waals surface area (Å²) in [6.45, 7) is 0. The highest BCUT2D eigenvalue weighted by Gasteiger charge is 2.54. The molecule has 0 unspecified atom stereocenters. The first kappa shape index (κ1) is 32.2. The number of benzene rings is 8. The molecule has 0 fully saturated rings. The van der Waals surface area contributed by atoms with Gasteiger partial charge in [0.1, 0.15) is 11.2 Å². The normalized spacial score (nSPS) is 13.2. The Kier molecular flexibility index (Phi) is 6.55. The van der Waals surface area contributed by atoms with Crippen LogP contribution in [0.4, 0.5) is 0 Å². The number of aromatic nitrogens is 6. The van der Waals surface area contributed by atoms with E-state index in [4.69, 9.17) is 19.9 Å². The molecule has 0 N–H and O–H groups in total. The first-order chi connectivity index (χ1) is 29.3. The van der Waals surface area contributed by atoms with Gasteiger partial charge < -0.3 is 0 Å². The van der Waals surface area contributed by atoms with Crippen LogP contribution in [0.2, 0.25) is 0 Å². The van der Waals surface area contributed by atoms with Gasteiger partial charge in [0.05, 0.1) is 27.8 Å². The summed E-state index contributed by atoms with van der Waals surface area (Å²) in [4.78, 5) is 20.8. The molecule has 13 rings (SSSR count). The average molecular weight is 753 g/mol. The highest BCUT2D eigenvalue weighted by Crippen LogP contribution is 2.60. The number of imidazole rings is 1. The van der Waals surface area contributed by atoms with Gasteiger partial charge >= 0.3 is 0 Å². The summed E-state index contributed by atoms with van der Waals surface area (Å²) < 4.78 is 4.57. The van der Waals surface area contributed by atoms with E-state index >= 15 is 0 Å². The van der Waals surface area contributed by atoms with Crippen molar-refractivity contribution in [2.45, 2.75) is 5.41 Å². The Labute approximate surface area is 339 Å². The second-order valence-corrected chi connectivity index (χ2v) is 15.4. The summed E-state index contributed by atoms with van der Waals surface area (Å²) in [5, 5.41) is 2.26. The Balaban J connectivity index is 0.992. The Hall–Kier alpha value is -7.96. The second kappa shape index (κ2) is 12.0. The third kappa shape index (κ3) is 4.40. The van der Waals surface area contributed by atoms with Crippen LogP contribution in [0.3, 0.4) is 0 Å². The van der Waals surface area contributed by atoms with Crippen molar-refractivity contribution in [3.8, 4) is 56.7 Å². The largest absolute Gasteiger partial charge is 0.295 e. The number of para-hydroxylation sites is 2. The summed E-state index contributed by atoms with van der Waals surface area (Å²) in [6.07, 6.45) is 0. The van der Waals surface area contributed by atoms with Crippen LogP contribution in [-0.2, 0) is 5.41 Å². The molecule has 0 saturated carbocycles. The van der Waals surface area contributed by atoms with Crippen LogP contribution in [0.15, 0.2) is 194 Å². The van der Waals surface area contributed by atoms with Gasteiger partial charge in [-0.2, -0.15) is 9.97 Å². The molecular weight excluding hydrogens is 721 g/mol. The second-order valence-electron chi connectivity index (χ2n) is 15.4. The molecule has 4 heterocycles. The van der Waals surface area contributed by atoms with Crippen molar-refractivity contribution in [2.75, 3.05) is 0 Å². The molecule has 8 aromatic carbocycles. The Morgan fingerprint density at radius 1 is 0.356 bits per heavy atom. The van der Waals surface area contributed by atoms with Crippen molar-refractivity contribution in [3.05, 3.63) is 217 Å². The fourth-order valence-electron chi connectivity index (χ4n) is 9.89. The number of hydrogen-bond acceptors (Lipinski definition) is 4. The number of fused-ring (bicyclic) bond motifs is 15. The van der Waals surface area contributed by atoms with Crippen molar-refractivity contribution in [2.24, 2.45) is 0 Å². The first-order valence-corrected chi connectivity index (χ1v) is 20.0. The highest BCUT2D eigenvalue weighted by molar-refractivity contribution is 6.10. The van der Waals surface area contributed by atoms with Crippen molar-refractivity contribution in [1.82, 2.24) is 29.1 Å². The van der Waals surface area contributed by atoms with E-state index in [1.54, 1.807) is 0 Å². The molecule has 11 aromatic rings. The fourth-order valence-corrected chi connectivity index (χ4v) is 9.89. The van der Waals surface area contributed by atoms with Crippen LogP contribution in [0.1, 0.15) is 22.5 Å². The summed E-state index contributed by atoms with van der Waals surface area (Å²) in [5.74, 6) is 2.89. The van der Waals surface area contributed by atoms with E-state index in [2.05, 4.69) is 143 Å². The monoisotopic (exact) mass is 752 g/mol. The third-order valence-electron chi connectivity index (χ3n) is 12.4. The first-order valence-electron chi connectivity index (χ1n) is 20.0. The molecule has 3 aromatic heterocycles. The molecule has 1 aliphatic carbocycles. The Morgan fingerprint density at radius 3 is 1.59 bits per heavy atom. The molecule has 6 heteroatoms. The maximum Gasteiger partial charge on any atom is 0.238 e. The number of nitrogens with zero attached hydrogens (tertiary/aromatic N) is 6. The molecular formula is C53H32N6. The van der Waals surface area contributed by atoms with Gasteiger partial charge in [0.2, 0.25) is 5.95 Å². The third-order valence-corrected chi connectivity index (χ3v) is 12.4. The van der Waals surface area contributed by atoms with Crippen LogP contribution >= 0.6 is 0 Å². The smallest absolute Gasteiger partial charge is 0.238 e. The van der Waals surface area contributed by atoms with Gasteiger partial charge in [-0.15, -0.1) is 0 Å². The van der Waals surface area contributed by atoms with Crippen LogP contribution in [0.25, 0.3) is 89.5 Å². The summed E-state index contributed by atoms with van der Waals surface area (Å²) >= 11 is 0. The molecule has 6 nitrogen and oxygen atoms in total. The minimum absolute atomic E-state index is 0.501. The average Bonchev–Trinajstić information content (AvgIpc) is 4.02. The van der Waals surface area contributed by atoms with Crippen molar-refractivity contribution in [1.29, 1.82) is 0 Å². The number of rotatable bonds is 4. The van der Waals surface area contributed by atoms with Crippen LogP contribution in [0.5, 0.6) is 0 Å². The zero-order valence-corrected chi connectivity index (χ0v) is 31.7. The quantitative estimate of drug-likeness (QED) is 0.180. The van der Waals surface area contributed by atoms with E-state index < -0.39 is 5.41 Å². The topological polar surface area (TPSA) is 61.4 Å². The number of hydrogen-bond donors (Lipinski definition) is 0. The molecule has 1 spiro atoms. The van der Waals surface area contributed by atoms with E-state index in [0.717, 1.165) is 60.9 Å². The highest BCUT2D eigenvalue weighted by atomic mass is 15.2. The summed E-state index contributed by atoms with van der Waals surface area (Å²) in [5.41, 5.74) is 15.3. The molecule has 0 amide bonds. The molecule has 274 valence electrons. The molecule has 59 heavy (non-hydrogen) atoms. The van der Waals surface area contributed by atoms with Gasteiger partial charge in [-0.25, -0.2) is 9.97 Å². The molecule has 1 aliphatic heterocycles. The zero-order valence-electron chi connectivity index (χ0n) is 31.7. The maximum absolute atomic E-state index is 5.59. The van der Waals surface area contributed by atoms with Gasteiger partial charge in [0.25, 0.3) is 0 Å². The van der Waals surface area contributed by atoms with E-state index in [9.17, 15) is 0 Å². The van der Waals surface area contributed by atoms with Gasteiger partial charge in [0.15, 0.2) is 11.6 Å². The SMILES string of the molecule is c1ccc(-c2nc(-c3ccccc3)nc(-n3c4ccccc4c4cc(-c5ccc6c(c5)nc5n6-c6ccccc6C56c5ccccc5-c5ccccc56)ccc43)n2)cc1.